The van der Waals surface area contributed by atoms with Crippen LogP contribution < -0.4 is 0 Å². The molecular formula is C28H27F4N3O3. The minimum atomic E-state index is -4.61. The summed E-state index contributed by atoms with van der Waals surface area (Å²) < 4.78 is 58.6. The smallest absolute Gasteiger partial charge is 0.406 e. The zero-order valence-corrected chi connectivity index (χ0v) is 21.0. The molecule has 10 heteroatoms. The van der Waals surface area contributed by atoms with Gasteiger partial charge in [-0.1, -0.05) is 42.5 Å². The fourth-order valence-electron chi connectivity index (χ4n) is 4.32. The monoisotopic (exact) mass is 529 g/mol. The van der Waals surface area contributed by atoms with Crippen LogP contribution in [0.15, 0.2) is 88.6 Å². The van der Waals surface area contributed by atoms with Gasteiger partial charge in [0.2, 0.25) is 5.90 Å². The van der Waals surface area contributed by atoms with Crippen molar-refractivity contribution in [2.24, 2.45) is 4.99 Å². The number of ether oxygens (including phenoxy) is 1. The summed E-state index contributed by atoms with van der Waals surface area (Å²) >= 11 is 0. The lowest BCUT2D eigenvalue weighted by Gasteiger charge is -2.34. The van der Waals surface area contributed by atoms with Gasteiger partial charge < -0.3 is 4.74 Å². The summed E-state index contributed by atoms with van der Waals surface area (Å²) in [5, 5.41) is 0. The summed E-state index contributed by atoms with van der Waals surface area (Å²) in [4.78, 5) is 32.3. The van der Waals surface area contributed by atoms with Crippen LogP contribution in [-0.2, 0) is 16.0 Å². The van der Waals surface area contributed by atoms with Gasteiger partial charge in [0.05, 0.1) is 0 Å². The number of allylic oxidation sites excluding steroid dienone is 8. The highest BCUT2D eigenvalue weighted by Gasteiger charge is 2.42. The molecule has 0 bridgehead atoms. The highest BCUT2D eigenvalue weighted by Crippen LogP contribution is 2.29. The molecule has 0 radical (unpaired) electrons. The van der Waals surface area contributed by atoms with Gasteiger partial charge in [-0.15, -0.1) is 0 Å². The van der Waals surface area contributed by atoms with E-state index in [0.717, 1.165) is 11.1 Å². The molecule has 1 atom stereocenters. The maximum absolute atomic E-state index is 13.6. The van der Waals surface area contributed by atoms with Gasteiger partial charge in [-0.3, -0.25) is 19.4 Å². The van der Waals surface area contributed by atoms with Crippen LogP contribution in [0.3, 0.4) is 0 Å². The molecule has 0 spiro atoms. The SMILES string of the molecule is CC1OC2=NC(N(C)C(=O)c3ccccc3CC3=CC/C=C(/F)CC=C3)=CCC=C2N(CC(F)(F)F)C1=O. The normalized spacial score (nSPS) is 21.3. The molecule has 1 aromatic rings. The third kappa shape index (κ3) is 6.30. The predicted molar refractivity (Wildman–Crippen MR) is 134 cm³/mol. The molecule has 1 saturated heterocycles. The van der Waals surface area contributed by atoms with E-state index < -0.39 is 24.7 Å². The van der Waals surface area contributed by atoms with Crippen LogP contribution in [0, 0.1) is 0 Å². The quantitative estimate of drug-likeness (QED) is 0.455. The molecule has 0 aromatic heterocycles. The van der Waals surface area contributed by atoms with E-state index in [1.807, 2.05) is 24.3 Å². The van der Waals surface area contributed by atoms with Gasteiger partial charge in [0, 0.05) is 19.0 Å². The molecule has 0 saturated carbocycles. The van der Waals surface area contributed by atoms with Crippen molar-refractivity contribution >= 4 is 17.7 Å². The molecule has 2 aliphatic heterocycles. The van der Waals surface area contributed by atoms with Crippen molar-refractivity contribution in [1.29, 1.82) is 0 Å². The number of alkyl halides is 3. The summed E-state index contributed by atoms with van der Waals surface area (Å²) in [6.07, 6.45) is 5.52. The molecule has 4 rings (SSSR count). The summed E-state index contributed by atoms with van der Waals surface area (Å²) in [6.45, 7) is -0.109. The number of carbonyl (C=O) groups is 2. The van der Waals surface area contributed by atoms with Crippen molar-refractivity contribution in [3.63, 3.8) is 0 Å². The van der Waals surface area contributed by atoms with E-state index in [1.54, 1.807) is 24.3 Å². The molecule has 6 nitrogen and oxygen atoms in total. The first-order chi connectivity index (χ1) is 18.0. The number of hydrogen-bond acceptors (Lipinski definition) is 4. The lowest BCUT2D eigenvalue weighted by molar-refractivity contribution is -0.163. The fraction of sp³-hybridized carbons (Fsp3) is 0.321. The van der Waals surface area contributed by atoms with Gasteiger partial charge >= 0.3 is 6.18 Å². The Morgan fingerprint density at radius 3 is 2.66 bits per heavy atom. The Bertz CT molecular complexity index is 1300. The molecule has 1 unspecified atom stereocenters. The zero-order valence-electron chi connectivity index (χ0n) is 21.0. The molecule has 3 aliphatic rings. The molecule has 1 aromatic carbocycles. The second-order valence-corrected chi connectivity index (χ2v) is 9.07. The zero-order chi connectivity index (χ0) is 27.4. The first kappa shape index (κ1) is 27.1. The van der Waals surface area contributed by atoms with E-state index in [4.69, 9.17) is 4.74 Å². The second-order valence-electron chi connectivity index (χ2n) is 9.07. The topological polar surface area (TPSA) is 62.2 Å². The number of benzene rings is 1. The Morgan fingerprint density at radius 1 is 1.16 bits per heavy atom. The fourth-order valence-corrected chi connectivity index (χ4v) is 4.32. The number of hydrogen-bond donors (Lipinski definition) is 0. The van der Waals surface area contributed by atoms with Gasteiger partial charge in [-0.25, -0.2) is 4.39 Å². The summed E-state index contributed by atoms with van der Waals surface area (Å²) in [6, 6.07) is 7.09. The number of halogens is 4. The first-order valence-electron chi connectivity index (χ1n) is 12.1. The van der Waals surface area contributed by atoms with Crippen LogP contribution in [0.5, 0.6) is 0 Å². The van der Waals surface area contributed by atoms with Crippen molar-refractivity contribution in [2.45, 2.75) is 44.9 Å². The van der Waals surface area contributed by atoms with E-state index in [2.05, 4.69) is 4.99 Å². The first-order valence-corrected chi connectivity index (χ1v) is 12.1. The van der Waals surface area contributed by atoms with Crippen molar-refractivity contribution in [1.82, 2.24) is 9.80 Å². The number of nitrogens with zero attached hydrogens (tertiary/aromatic N) is 3. The lowest BCUT2D eigenvalue weighted by atomic mass is 9.97. The number of morpholine rings is 1. The van der Waals surface area contributed by atoms with Gasteiger partial charge in [0.15, 0.2) is 6.10 Å². The molecule has 1 aliphatic carbocycles. The number of carbonyl (C=O) groups excluding carboxylic acids is 2. The number of amides is 2. The van der Waals surface area contributed by atoms with Crippen molar-refractivity contribution in [3.8, 4) is 0 Å². The van der Waals surface area contributed by atoms with Crippen molar-refractivity contribution < 1.29 is 31.9 Å². The summed E-state index contributed by atoms with van der Waals surface area (Å²) in [7, 11) is 1.52. The second kappa shape index (κ2) is 11.2. The molecule has 200 valence electrons. The standard InChI is InChI=1S/C28H27F4N3O3/c1-18-26(36)35(17-28(30,31)32)23-14-7-15-24(33-25(23)38-18)34(2)27(37)22-13-4-3-10-20(22)16-19-8-5-11-21(29)12-6-9-19/h3-5,8-10,12-15,18H,6-7,11,16-17H2,1-2H3/b8-5?,19-9?,21-12+. The van der Waals surface area contributed by atoms with Crippen LogP contribution in [0.25, 0.3) is 0 Å². The van der Waals surface area contributed by atoms with E-state index in [0.29, 0.717) is 23.3 Å². The minimum Gasteiger partial charge on any atom is -0.463 e. The minimum absolute atomic E-state index is 0.0774. The molecular weight excluding hydrogens is 502 g/mol. The lowest BCUT2D eigenvalue weighted by Crippen LogP contribution is -2.50. The van der Waals surface area contributed by atoms with Gasteiger partial charge in [-0.05, 0) is 55.5 Å². The maximum Gasteiger partial charge on any atom is 0.406 e. The Morgan fingerprint density at radius 2 is 1.89 bits per heavy atom. The van der Waals surface area contributed by atoms with Crippen molar-refractivity contribution in [3.05, 3.63) is 94.8 Å². The summed E-state index contributed by atoms with van der Waals surface area (Å²) in [5.41, 5.74) is 2.05. The Hall–Kier alpha value is -3.95. The van der Waals surface area contributed by atoms with E-state index >= 15 is 0 Å². The predicted octanol–water partition coefficient (Wildman–Crippen LogP) is 5.77. The van der Waals surface area contributed by atoms with Crippen LogP contribution in [0.1, 0.15) is 42.1 Å². The molecule has 2 amide bonds. The van der Waals surface area contributed by atoms with E-state index in [1.165, 1.54) is 31.0 Å². The van der Waals surface area contributed by atoms with Crippen LogP contribution in [0.2, 0.25) is 0 Å². The number of rotatable bonds is 5. The molecule has 1 fully saturated rings. The summed E-state index contributed by atoms with van der Waals surface area (Å²) in [5.74, 6) is -1.33. The third-order valence-electron chi connectivity index (χ3n) is 6.23. The largest absolute Gasteiger partial charge is 0.463 e. The Kier molecular flexibility index (Phi) is 7.99. The van der Waals surface area contributed by atoms with Crippen LogP contribution >= 0.6 is 0 Å². The van der Waals surface area contributed by atoms with Crippen molar-refractivity contribution in [2.75, 3.05) is 13.6 Å². The van der Waals surface area contributed by atoms with Gasteiger partial charge in [0.25, 0.3) is 11.8 Å². The average molecular weight is 530 g/mol. The Balaban J connectivity index is 1.58. The van der Waals surface area contributed by atoms with Crippen LogP contribution in [0.4, 0.5) is 17.6 Å². The Labute approximate surface area is 218 Å². The molecule has 0 N–H and O–H groups in total. The van der Waals surface area contributed by atoms with Gasteiger partial charge in [-0.2, -0.15) is 18.2 Å². The van der Waals surface area contributed by atoms with Gasteiger partial charge in [0.1, 0.15) is 23.9 Å². The number of aliphatic imine (C=N–C) groups is 1. The number of fused-ring (bicyclic) bond motifs is 1. The third-order valence-corrected chi connectivity index (χ3v) is 6.23. The van der Waals surface area contributed by atoms with E-state index in [9.17, 15) is 27.2 Å². The highest BCUT2D eigenvalue weighted by molar-refractivity contribution is 6.04. The highest BCUT2D eigenvalue weighted by atomic mass is 19.4. The van der Waals surface area contributed by atoms with E-state index in [-0.39, 0.29) is 42.0 Å². The molecule has 38 heavy (non-hydrogen) atoms. The molecule has 2 heterocycles. The average Bonchev–Trinajstić information content (AvgIpc) is 3.06. The maximum atomic E-state index is 13.6. The van der Waals surface area contributed by atoms with Crippen LogP contribution in [-0.4, -0.2) is 53.4 Å².